The van der Waals surface area contributed by atoms with Crippen LogP contribution in [0.15, 0.2) is 18.2 Å². The number of halogens is 1. The number of carbonyl (C=O) groups is 1. The van der Waals surface area contributed by atoms with Gasteiger partial charge < -0.3 is 21.1 Å². The molecule has 2 fully saturated rings. The second-order valence-corrected chi connectivity index (χ2v) is 7.70. The van der Waals surface area contributed by atoms with E-state index in [-0.39, 0.29) is 23.2 Å². The van der Waals surface area contributed by atoms with Gasteiger partial charge in [0, 0.05) is 25.3 Å². The van der Waals surface area contributed by atoms with Crippen LogP contribution in [0.5, 0.6) is 0 Å². The van der Waals surface area contributed by atoms with Gasteiger partial charge in [0.15, 0.2) is 0 Å². The van der Waals surface area contributed by atoms with E-state index >= 15 is 0 Å². The van der Waals surface area contributed by atoms with Crippen LogP contribution in [0, 0.1) is 11.2 Å². The van der Waals surface area contributed by atoms with Crippen LogP contribution in [0.3, 0.4) is 0 Å². The number of hydrogen-bond acceptors (Lipinski definition) is 4. The van der Waals surface area contributed by atoms with Crippen molar-refractivity contribution in [2.24, 2.45) is 11.1 Å². The Morgan fingerprint density at radius 1 is 1.27 bits per heavy atom. The molecule has 0 spiro atoms. The first-order valence-corrected chi connectivity index (χ1v) is 9.75. The lowest BCUT2D eigenvalue weighted by atomic mass is 9.71. The summed E-state index contributed by atoms with van der Waals surface area (Å²) in [7, 11) is 0. The molecule has 0 aromatic heterocycles. The van der Waals surface area contributed by atoms with E-state index in [2.05, 4.69) is 10.6 Å². The van der Waals surface area contributed by atoms with Gasteiger partial charge in [0.25, 0.3) is 0 Å². The molecule has 1 aliphatic carbocycles. The summed E-state index contributed by atoms with van der Waals surface area (Å²) >= 11 is 0. The van der Waals surface area contributed by atoms with Crippen LogP contribution in [0.2, 0.25) is 0 Å². The first kappa shape index (κ1) is 19.1. The second-order valence-electron chi connectivity index (χ2n) is 7.70. The van der Waals surface area contributed by atoms with Gasteiger partial charge in [0.1, 0.15) is 5.82 Å². The lowest BCUT2D eigenvalue weighted by Crippen LogP contribution is -2.36. The first-order valence-electron chi connectivity index (χ1n) is 9.75. The number of hydrogen-bond donors (Lipinski definition) is 3. The number of ether oxygens (including phenoxy) is 1. The van der Waals surface area contributed by atoms with Gasteiger partial charge in [-0.15, -0.1) is 0 Å². The largest absolute Gasteiger partial charge is 0.380 e. The van der Waals surface area contributed by atoms with Crippen molar-refractivity contribution in [3.05, 3.63) is 24.0 Å². The van der Waals surface area contributed by atoms with Crippen LogP contribution < -0.4 is 16.4 Å². The Labute approximate surface area is 154 Å². The van der Waals surface area contributed by atoms with Crippen molar-refractivity contribution in [3.63, 3.8) is 0 Å². The third-order valence-corrected chi connectivity index (χ3v) is 5.68. The van der Waals surface area contributed by atoms with Crippen LogP contribution in [-0.4, -0.2) is 31.7 Å². The molecule has 0 radical (unpaired) electrons. The highest BCUT2D eigenvalue weighted by molar-refractivity contribution is 5.91. The van der Waals surface area contributed by atoms with E-state index in [9.17, 15) is 9.18 Å². The third-order valence-electron chi connectivity index (χ3n) is 5.68. The molecule has 1 heterocycles. The van der Waals surface area contributed by atoms with E-state index in [1.807, 2.05) is 0 Å². The molecular formula is C20H30FN3O2. The zero-order valence-corrected chi connectivity index (χ0v) is 15.4. The maximum atomic E-state index is 14.3. The molecular weight excluding hydrogens is 333 g/mol. The maximum absolute atomic E-state index is 14.3. The molecule has 1 saturated carbocycles. The molecule has 1 amide bonds. The molecule has 1 aromatic rings. The molecule has 1 unspecified atom stereocenters. The van der Waals surface area contributed by atoms with E-state index in [4.69, 9.17) is 10.5 Å². The van der Waals surface area contributed by atoms with Crippen molar-refractivity contribution in [3.8, 4) is 0 Å². The molecule has 1 saturated heterocycles. The van der Waals surface area contributed by atoms with Crippen molar-refractivity contribution in [2.75, 3.05) is 30.3 Å². The normalized spacial score (nSPS) is 22.2. The number of amides is 1. The Morgan fingerprint density at radius 2 is 2.08 bits per heavy atom. The Hall–Kier alpha value is -1.66. The van der Waals surface area contributed by atoms with Gasteiger partial charge in [-0.05, 0) is 55.8 Å². The second kappa shape index (κ2) is 8.82. The summed E-state index contributed by atoms with van der Waals surface area (Å²) in [6.45, 7) is 1.91. The summed E-state index contributed by atoms with van der Waals surface area (Å²) in [5.41, 5.74) is 6.78. The molecule has 4 N–H and O–H groups in total. The molecule has 1 atom stereocenters. The minimum absolute atomic E-state index is 0.0863. The van der Waals surface area contributed by atoms with Crippen LogP contribution in [0.1, 0.15) is 51.4 Å². The van der Waals surface area contributed by atoms with Crippen LogP contribution in [0.4, 0.5) is 15.8 Å². The van der Waals surface area contributed by atoms with Gasteiger partial charge in [0.05, 0.1) is 11.8 Å². The predicted octanol–water partition coefficient (Wildman–Crippen LogP) is 3.65. The Morgan fingerprint density at radius 3 is 2.73 bits per heavy atom. The number of benzene rings is 1. The minimum Gasteiger partial charge on any atom is -0.380 e. The van der Waals surface area contributed by atoms with Crippen molar-refractivity contribution in [1.82, 2.24) is 0 Å². The lowest BCUT2D eigenvalue weighted by molar-refractivity contribution is -0.118. The smallest absolute Gasteiger partial charge is 0.224 e. The molecule has 5 nitrogen and oxygen atoms in total. The Balaban J connectivity index is 1.53. The standard InChI is InChI=1S/C20H30FN3O2/c21-17-11-15(6-7-18(17)23-13-16-5-4-10-26-16)24-19(25)12-20(14-22)8-2-1-3-9-20/h6-7,11,16,23H,1-5,8-10,12-14,22H2,(H,24,25). The quantitative estimate of drug-likeness (QED) is 0.691. The highest BCUT2D eigenvalue weighted by atomic mass is 19.1. The maximum Gasteiger partial charge on any atom is 0.224 e. The lowest BCUT2D eigenvalue weighted by Gasteiger charge is -2.35. The van der Waals surface area contributed by atoms with Gasteiger partial charge in [-0.1, -0.05) is 19.3 Å². The molecule has 6 heteroatoms. The number of anilines is 2. The highest BCUT2D eigenvalue weighted by Gasteiger charge is 2.33. The number of rotatable bonds is 7. The summed E-state index contributed by atoms with van der Waals surface area (Å²) in [5.74, 6) is -0.455. The zero-order chi connectivity index (χ0) is 18.4. The van der Waals surface area contributed by atoms with E-state index in [1.54, 1.807) is 12.1 Å². The van der Waals surface area contributed by atoms with E-state index in [0.717, 1.165) is 45.1 Å². The van der Waals surface area contributed by atoms with Gasteiger partial charge in [-0.25, -0.2) is 4.39 Å². The summed E-state index contributed by atoms with van der Waals surface area (Å²) in [5, 5.41) is 5.91. The fourth-order valence-electron chi connectivity index (χ4n) is 4.07. The fraction of sp³-hybridized carbons (Fsp3) is 0.650. The molecule has 26 heavy (non-hydrogen) atoms. The number of nitrogens with one attached hydrogen (secondary N) is 2. The van der Waals surface area contributed by atoms with Gasteiger partial charge >= 0.3 is 0 Å². The number of nitrogens with two attached hydrogens (primary N) is 1. The van der Waals surface area contributed by atoms with E-state index in [0.29, 0.717) is 30.9 Å². The third kappa shape index (κ3) is 4.95. The van der Waals surface area contributed by atoms with Gasteiger partial charge in [0.2, 0.25) is 5.91 Å². The minimum atomic E-state index is -0.369. The highest BCUT2D eigenvalue weighted by Crippen LogP contribution is 2.38. The average molecular weight is 363 g/mol. The SMILES string of the molecule is NCC1(CC(=O)Nc2ccc(NCC3CCCO3)c(F)c2)CCCCC1. The van der Waals surface area contributed by atoms with Crippen LogP contribution in [-0.2, 0) is 9.53 Å². The molecule has 3 rings (SSSR count). The average Bonchev–Trinajstić information content (AvgIpc) is 3.15. The zero-order valence-electron chi connectivity index (χ0n) is 15.4. The van der Waals surface area contributed by atoms with Crippen molar-refractivity contribution in [1.29, 1.82) is 0 Å². The fourth-order valence-corrected chi connectivity index (χ4v) is 4.07. The predicted molar refractivity (Wildman–Crippen MR) is 102 cm³/mol. The van der Waals surface area contributed by atoms with Crippen LogP contribution in [0.25, 0.3) is 0 Å². The van der Waals surface area contributed by atoms with Crippen molar-refractivity contribution >= 4 is 17.3 Å². The Kier molecular flexibility index (Phi) is 6.48. The molecule has 1 aromatic carbocycles. The van der Waals surface area contributed by atoms with Crippen LogP contribution >= 0.6 is 0 Å². The topological polar surface area (TPSA) is 76.4 Å². The Bertz CT molecular complexity index is 611. The van der Waals surface area contributed by atoms with Gasteiger partial charge in [-0.3, -0.25) is 4.79 Å². The summed E-state index contributed by atoms with van der Waals surface area (Å²) in [6.07, 6.45) is 8.09. The van der Waals surface area contributed by atoms with E-state index < -0.39 is 0 Å². The molecule has 144 valence electrons. The summed E-state index contributed by atoms with van der Waals surface area (Å²) < 4.78 is 19.8. The van der Waals surface area contributed by atoms with Crippen molar-refractivity contribution < 1.29 is 13.9 Å². The molecule has 0 bridgehead atoms. The number of carbonyl (C=O) groups excluding carboxylic acids is 1. The summed E-state index contributed by atoms with van der Waals surface area (Å²) in [4.78, 5) is 12.4. The van der Waals surface area contributed by atoms with Crippen molar-refractivity contribution in [2.45, 2.75) is 57.5 Å². The first-order chi connectivity index (χ1) is 12.6. The monoisotopic (exact) mass is 363 g/mol. The van der Waals surface area contributed by atoms with E-state index in [1.165, 1.54) is 12.5 Å². The molecule has 2 aliphatic rings. The summed E-state index contributed by atoms with van der Waals surface area (Å²) in [6, 6.07) is 4.76. The molecule has 1 aliphatic heterocycles. The van der Waals surface area contributed by atoms with Gasteiger partial charge in [-0.2, -0.15) is 0 Å².